The zero-order chi connectivity index (χ0) is 11.9. The van der Waals surface area contributed by atoms with Crippen LogP contribution in [0.3, 0.4) is 0 Å². The Bertz CT molecular complexity index is 235. The summed E-state index contributed by atoms with van der Waals surface area (Å²) < 4.78 is 25.8. The van der Waals surface area contributed by atoms with Crippen molar-refractivity contribution in [2.24, 2.45) is 0 Å². The van der Waals surface area contributed by atoms with Gasteiger partial charge in [0.05, 0.1) is 13.2 Å². The third-order valence-corrected chi connectivity index (χ3v) is 4.91. The number of alkyl halides is 1. The lowest BCUT2D eigenvalue weighted by atomic mass is 10.5. The number of rotatable bonds is 7. The van der Waals surface area contributed by atoms with E-state index in [4.69, 9.17) is 13.8 Å². The number of carbonyl (C=O) groups excluding carboxylic acids is 1. The van der Waals surface area contributed by atoms with E-state index < -0.39 is 18.3 Å². The van der Waals surface area contributed by atoms with E-state index in [0.717, 1.165) is 0 Å². The largest absolute Gasteiger partial charge is 0.437 e. The molecule has 0 aliphatic carbocycles. The van der Waals surface area contributed by atoms with Crippen LogP contribution in [0.1, 0.15) is 27.2 Å². The Morgan fingerprint density at radius 2 is 1.73 bits per heavy atom. The van der Waals surface area contributed by atoms with E-state index in [0.29, 0.717) is 0 Å². The fraction of sp³-hybridized carbons (Fsp3) is 0.875. The van der Waals surface area contributed by atoms with Crippen molar-refractivity contribution in [3.63, 3.8) is 0 Å². The molecule has 0 aromatic heterocycles. The van der Waals surface area contributed by atoms with Gasteiger partial charge < -0.3 is 13.8 Å². The van der Waals surface area contributed by atoms with E-state index in [1.54, 1.807) is 20.8 Å². The predicted octanol–water partition coefficient (Wildman–Crippen LogP) is 2.88. The quantitative estimate of drug-likeness (QED) is 0.411. The molecule has 15 heavy (non-hydrogen) atoms. The van der Waals surface area contributed by atoms with Gasteiger partial charge in [-0.1, -0.05) is 6.92 Å². The van der Waals surface area contributed by atoms with E-state index in [2.05, 4.69) is 15.9 Å². The summed E-state index contributed by atoms with van der Waals surface area (Å²) >= 11 is 2.99. The first kappa shape index (κ1) is 15.1. The molecule has 1 unspecified atom stereocenters. The van der Waals surface area contributed by atoms with Crippen LogP contribution < -0.4 is 0 Å². The summed E-state index contributed by atoms with van der Waals surface area (Å²) in [6.45, 7) is 5.47. The highest BCUT2D eigenvalue weighted by Crippen LogP contribution is 2.55. The topological polar surface area (TPSA) is 61.8 Å². The fourth-order valence-electron chi connectivity index (χ4n) is 0.771. The first-order valence-electron chi connectivity index (χ1n) is 4.72. The van der Waals surface area contributed by atoms with Crippen LogP contribution in [0.15, 0.2) is 0 Å². The number of halogens is 1. The second kappa shape index (κ2) is 7.39. The van der Waals surface area contributed by atoms with E-state index in [1.165, 1.54) is 0 Å². The van der Waals surface area contributed by atoms with Gasteiger partial charge in [-0.2, -0.15) is 0 Å². The normalized spacial score (nSPS) is 13.6. The van der Waals surface area contributed by atoms with Gasteiger partial charge in [-0.05, 0) is 29.8 Å². The minimum atomic E-state index is -3.40. The van der Waals surface area contributed by atoms with Crippen LogP contribution in [0.25, 0.3) is 0 Å². The van der Waals surface area contributed by atoms with Gasteiger partial charge in [0, 0.05) is 6.42 Å². The molecule has 0 N–H and O–H groups in total. The maximum absolute atomic E-state index is 12.0. The van der Waals surface area contributed by atoms with Crippen LogP contribution in [-0.4, -0.2) is 23.9 Å². The third kappa shape index (κ3) is 5.11. The van der Waals surface area contributed by atoms with Crippen molar-refractivity contribution in [3.8, 4) is 0 Å². The second-order valence-electron chi connectivity index (χ2n) is 2.51. The molecular weight excluding hydrogens is 287 g/mol. The molecule has 0 radical (unpaired) electrons. The van der Waals surface area contributed by atoms with Crippen LogP contribution in [0.2, 0.25) is 0 Å². The molecule has 0 aromatic rings. The molecule has 0 amide bonds. The average molecular weight is 303 g/mol. The molecule has 0 heterocycles. The lowest BCUT2D eigenvalue weighted by Crippen LogP contribution is -2.15. The Morgan fingerprint density at radius 3 is 2.07 bits per heavy atom. The number of esters is 1. The lowest BCUT2D eigenvalue weighted by Gasteiger charge is -2.21. The zero-order valence-corrected chi connectivity index (χ0v) is 11.5. The summed E-state index contributed by atoms with van der Waals surface area (Å²) in [5.41, 5.74) is 0. The summed E-state index contributed by atoms with van der Waals surface area (Å²) in [6, 6.07) is 0. The van der Waals surface area contributed by atoms with Gasteiger partial charge in [-0.15, -0.1) is 0 Å². The van der Waals surface area contributed by atoms with Crippen LogP contribution in [0.4, 0.5) is 0 Å². The summed E-state index contributed by atoms with van der Waals surface area (Å²) in [6.07, 6.45) is 0.209. The number of ether oxygens (including phenoxy) is 1. The number of hydrogen-bond donors (Lipinski definition) is 0. The van der Waals surface area contributed by atoms with Gasteiger partial charge in [0.15, 0.2) is 0 Å². The Labute approximate surface area is 98.1 Å². The SMILES string of the molecule is CCOP(=O)(OCC)C(Br)OC(=O)CC. The van der Waals surface area contributed by atoms with Crippen molar-refractivity contribution in [2.75, 3.05) is 13.2 Å². The minimum absolute atomic E-state index is 0.209. The summed E-state index contributed by atoms with van der Waals surface area (Å²) in [5, 5.41) is 0. The molecule has 5 nitrogen and oxygen atoms in total. The van der Waals surface area contributed by atoms with Gasteiger partial charge in [-0.25, -0.2) is 0 Å². The molecule has 7 heteroatoms. The average Bonchev–Trinajstić information content (AvgIpc) is 2.18. The van der Waals surface area contributed by atoms with Crippen molar-refractivity contribution in [1.29, 1.82) is 0 Å². The Hall–Kier alpha value is 0.100. The predicted molar refractivity (Wildman–Crippen MR) is 60.0 cm³/mol. The van der Waals surface area contributed by atoms with Crippen molar-refractivity contribution in [2.45, 2.75) is 31.9 Å². The molecule has 0 spiro atoms. The van der Waals surface area contributed by atoms with E-state index in [1.807, 2.05) is 0 Å². The van der Waals surface area contributed by atoms with Gasteiger partial charge in [0.25, 0.3) is 4.75 Å². The van der Waals surface area contributed by atoms with Crippen molar-refractivity contribution < 1.29 is 23.1 Å². The molecule has 90 valence electrons. The van der Waals surface area contributed by atoms with Crippen LogP contribution in [0, 0.1) is 0 Å². The Morgan fingerprint density at radius 1 is 1.27 bits per heavy atom. The van der Waals surface area contributed by atoms with E-state index >= 15 is 0 Å². The lowest BCUT2D eigenvalue weighted by molar-refractivity contribution is -0.142. The third-order valence-electron chi connectivity index (χ3n) is 1.38. The highest BCUT2D eigenvalue weighted by atomic mass is 79.9. The van der Waals surface area contributed by atoms with E-state index in [9.17, 15) is 9.36 Å². The fourth-order valence-corrected chi connectivity index (χ4v) is 2.96. The maximum Gasteiger partial charge on any atom is 0.381 e. The molecule has 0 saturated carbocycles. The number of carbonyl (C=O) groups is 1. The maximum atomic E-state index is 12.0. The standard InChI is InChI=1S/C8H16BrO5P/c1-4-7(10)14-8(9)15(11,12-5-2)13-6-3/h8H,4-6H2,1-3H3. The first-order valence-corrected chi connectivity index (χ1v) is 7.25. The van der Waals surface area contributed by atoms with Gasteiger partial charge >= 0.3 is 13.6 Å². The molecule has 0 aliphatic heterocycles. The van der Waals surface area contributed by atoms with E-state index in [-0.39, 0.29) is 19.6 Å². The molecule has 0 aliphatic rings. The molecular formula is C8H16BrO5P. The van der Waals surface area contributed by atoms with Crippen LogP contribution in [0.5, 0.6) is 0 Å². The number of hydrogen-bond acceptors (Lipinski definition) is 5. The van der Waals surface area contributed by atoms with Crippen LogP contribution >= 0.6 is 23.5 Å². The zero-order valence-electron chi connectivity index (χ0n) is 9.07. The van der Waals surface area contributed by atoms with Crippen LogP contribution in [-0.2, 0) is 23.1 Å². The second-order valence-corrected chi connectivity index (χ2v) is 6.12. The minimum Gasteiger partial charge on any atom is -0.437 e. The van der Waals surface area contributed by atoms with Crippen molar-refractivity contribution >= 4 is 29.5 Å². The highest BCUT2D eigenvalue weighted by Gasteiger charge is 2.36. The van der Waals surface area contributed by atoms with Crippen molar-refractivity contribution in [1.82, 2.24) is 0 Å². The van der Waals surface area contributed by atoms with Crippen molar-refractivity contribution in [3.05, 3.63) is 0 Å². The Kier molecular flexibility index (Phi) is 7.44. The molecule has 0 bridgehead atoms. The monoisotopic (exact) mass is 302 g/mol. The molecule has 0 fully saturated rings. The van der Waals surface area contributed by atoms with Gasteiger partial charge in [0.1, 0.15) is 0 Å². The Balaban J connectivity index is 4.47. The summed E-state index contributed by atoms with van der Waals surface area (Å²) in [4.78, 5) is 11.0. The molecule has 0 saturated heterocycles. The first-order chi connectivity index (χ1) is 7.00. The molecule has 0 aromatic carbocycles. The molecule has 0 rings (SSSR count). The molecule has 1 atom stereocenters. The summed E-state index contributed by atoms with van der Waals surface area (Å²) in [7, 11) is -3.40. The highest BCUT2D eigenvalue weighted by molar-refractivity contribution is 9.10. The smallest absolute Gasteiger partial charge is 0.381 e. The van der Waals surface area contributed by atoms with Gasteiger partial charge in [0.2, 0.25) is 0 Å². The summed E-state index contributed by atoms with van der Waals surface area (Å²) in [5.74, 6) is -0.462. The van der Waals surface area contributed by atoms with Gasteiger partial charge in [-0.3, -0.25) is 9.36 Å².